The molecule has 1 saturated carbocycles. The molecular formula is C19H27ClN4O2. The van der Waals surface area contributed by atoms with Crippen LogP contribution in [0.5, 0.6) is 0 Å². The van der Waals surface area contributed by atoms with Crippen molar-refractivity contribution >= 4 is 18.3 Å². The number of benzene rings is 1. The largest absolute Gasteiger partial charge is 0.378 e. The predicted octanol–water partition coefficient (Wildman–Crippen LogP) is 2.44. The Hall–Kier alpha value is -1.89. The van der Waals surface area contributed by atoms with Gasteiger partial charge in [-0.1, -0.05) is 26.0 Å². The third-order valence-electron chi connectivity index (χ3n) is 5.39. The molecule has 0 bridgehead atoms. The zero-order chi connectivity index (χ0) is 18.1. The SMILES string of the molecule is CCOC1CC(N)(C(=O)NCc2ccc(-n3cccn3)cc2)C1(C)C.Cl. The number of hydrogen-bond acceptors (Lipinski definition) is 4. The fourth-order valence-corrected chi connectivity index (χ4v) is 3.35. The lowest BCUT2D eigenvalue weighted by molar-refractivity contribution is -0.170. The van der Waals surface area contributed by atoms with Crippen LogP contribution in [-0.2, 0) is 16.1 Å². The minimum Gasteiger partial charge on any atom is -0.378 e. The number of rotatable bonds is 6. The predicted molar refractivity (Wildman–Crippen MR) is 103 cm³/mol. The molecule has 1 aromatic carbocycles. The molecule has 2 aromatic rings. The number of carbonyl (C=O) groups excluding carboxylic acids is 1. The van der Waals surface area contributed by atoms with Crippen molar-refractivity contribution in [1.29, 1.82) is 0 Å². The average molecular weight is 379 g/mol. The summed E-state index contributed by atoms with van der Waals surface area (Å²) in [5.41, 5.74) is 7.13. The number of hydrogen-bond donors (Lipinski definition) is 2. The highest BCUT2D eigenvalue weighted by Gasteiger charge is 2.62. The van der Waals surface area contributed by atoms with Gasteiger partial charge in [-0.15, -0.1) is 12.4 Å². The number of nitrogens with two attached hydrogens (primary N) is 1. The fraction of sp³-hybridized carbons (Fsp3) is 0.474. The van der Waals surface area contributed by atoms with Gasteiger partial charge in [0, 0.05) is 37.4 Å². The summed E-state index contributed by atoms with van der Waals surface area (Å²) in [7, 11) is 0. The molecule has 1 amide bonds. The van der Waals surface area contributed by atoms with Crippen LogP contribution in [0, 0.1) is 5.41 Å². The van der Waals surface area contributed by atoms with Crippen molar-refractivity contribution < 1.29 is 9.53 Å². The molecule has 0 saturated heterocycles. The van der Waals surface area contributed by atoms with E-state index < -0.39 is 5.54 Å². The molecule has 1 aromatic heterocycles. The van der Waals surface area contributed by atoms with Crippen LogP contribution < -0.4 is 11.1 Å². The van der Waals surface area contributed by atoms with E-state index in [0.717, 1.165) is 11.3 Å². The highest BCUT2D eigenvalue weighted by molar-refractivity contribution is 5.88. The first kappa shape index (κ1) is 20.4. The van der Waals surface area contributed by atoms with Gasteiger partial charge in [0.05, 0.1) is 11.8 Å². The Bertz CT molecular complexity index is 731. The lowest BCUT2D eigenvalue weighted by Crippen LogP contribution is -2.75. The van der Waals surface area contributed by atoms with Crippen molar-refractivity contribution in [3.05, 3.63) is 48.3 Å². The molecule has 2 atom stereocenters. The second-order valence-corrected chi connectivity index (χ2v) is 7.14. The summed E-state index contributed by atoms with van der Waals surface area (Å²) >= 11 is 0. The van der Waals surface area contributed by atoms with Crippen LogP contribution in [0.15, 0.2) is 42.7 Å². The van der Waals surface area contributed by atoms with Gasteiger partial charge in [-0.25, -0.2) is 4.68 Å². The fourth-order valence-electron chi connectivity index (χ4n) is 3.35. The van der Waals surface area contributed by atoms with E-state index in [9.17, 15) is 4.79 Å². The van der Waals surface area contributed by atoms with Gasteiger partial charge < -0.3 is 15.8 Å². The minimum atomic E-state index is -0.887. The van der Waals surface area contributed by atoms with Crippen molar-refractivity contribution in [2.45, 2.75) is 45.4 Å². The van der Waals surface area contributed by atoms with E-state index in [1.54, 1.807) is 10.9 Å². The van der Waals surface area contributed by atoms with Gasteiger partial charge in [-0.05, 0) is 30.7 Å². The summed E-state index contributed by atoms with van der Waals surface area (Å²) in [5.74, 6) is -0.121. The van der Waals surface area contributed by atoms with Crippen LogP contribution in [-0.4, -0.2) is 33.9 Å². The topological polar surface area (TPSA) is 82.2 Å². The first-order chi connectivity index (χ1) is 11.9. The third-order valence-corrected chi connectivity index (χ3v) is 5.39. The van der Waals surface area contributed by atoms with Gasteiger partial charge >= 0.3 is 0 Å². The quantitative estimate of drug-likeness (QED) is 0.808. The molecule has 26 heavy (non-hydrogen) atoms. The summed E-state index contributed by atoms with van der Waals surface area (Å²) in [6.45, 7) is 7.03. The number of carbonyl (C=O) groups is 1. The number of halogens is 1. The normalized spacial score (nSPS) is 23.6. The molecule has 3 rings (SSSR count). The van der Waals surface area contributed by atoms with E-state index in [4.69, 9.17) is 10.5 Å². The first-order valence-corrected chi connectivity index (χ1v) is 8.66. The maximum absolute atomic E-state index is 12.6. The Balaban J connectivity index is 0.00000243. The van der Waals surface area contributed by atoms with Crippen LogP contribution >= 0.6 is 12.4 Å². The Labute approximate surface area is 160 Å². The monoisotopic (exact) mass is 378 g/mol. The number of nitrogens with zero attached hydrogens (tertiary/aromatic N) is 2. The summed E-state index contributed by atoms with van der Waals surface area (Å²) < 4.78 is 7.48. The molecule has 2 unspecified atom stereocenters. The second-order valence-electron chi connectivity index (χ2n) is 7.14. The maximum Gasteiger partial charge on any atom is 0.241 e. The van der Waals surface area contributed by atoms with E-state index in [1.165, 1.54) is 0 Å². The van der Waals surface area contributed by atoms with Crippen LogP contribution in [0.1, 0.15) is 32.8 Å². The minimum absolute atomic E-state index is 0. The highest BCUT2D eigenvalue weighted by Crippen LogP contribution is 2.49. The Kier molecular flexibility index (Phi) is 6.11. The number of aromatic nitrogens is 2. The smallest absolute Gasteiger partial charge is 0.241 e. The Morgan fingerprint density at radius 3 is 2.62 bits per heavy atom. The molecule has 0 radical (unpaired) electrons. The van der Waals surface area contributed by atoms with E-state index in [1.807, 2.05) is 57.3 Å². The molecule has 1 aliphatic rings. The van der Waals surface area contributed by atoms with Crippen LogP contribution in [0.3, 0.4) is 0 Å². The molecule has 7 heteroatoms. The second kappa shape index (κ2) is 7.78. The van der Waals surface area contributed by atoms with E-state index in [-0.39, 0.29) is 29.8 Å². The number of ether oxygens (including phenoxy) is 1. The van der Waals surface area contributed by atoms with Gasteiger partial charge in [0.2, 0.25) is 5.91 Å². The molecular weight excluding hydrogens is 352 g/mol. The molecule has 6 nitrogen and oxygen atoms in total. The summed E-state index contributed by atoms with van der Waals surface area (Å²) in [6.07, 6.45) is 4.21. The van der Waals surface area contributed by atoms with E-state index in [2.05, 4.69) is 10.4 Å². The van der Waals surface area contributed by atoms with Crippen LogP contribution in [0.25, 0.3) is 5.69 Å². The standard InChI is InChI=1S/C19H26N4O2.ClH/c1-4-25-16-12-19(20,18(16,2)3)17(24)21-13-14-6-8-15(9-7-14)23-11-5-10-22-23;/h5-11,16H,4,12-13,20H2,1-3H3,(H,21,24);1H. The maximum atomic E-state index is 12.6. The molecule has 0 aliphatic heterocycles. The highest BCUT2D eigenvalue weighted by atomic mass is 35.5. The third kappa shape index (κ3) is 3.49. The first-order valence-electron chi connectivity index (χ1n) is 8.66. The van der Waals surface area contributed by atoms with E-state index >= 15 is 0 Å². The van der Waals surface area contributed by atoms with Gasteiger partial charge in [0.25, 0.3) is 0 Å². The van der Waals surface area contributed by atoms with Gasteiger partial charge in [0.1, 0.15) is 5.54 Å². The van der Waals surface area contributed by atoms with Crippen molar-refractivity contribution in [1.82, 2.24) is 15.1 Å². The van der Waals surface area contributed by atoms with Crippen molar-refractivity contribution in [2.75, 3.05) is 6.61 Å². The number of amides is 1. The zero-order valence-corrected chi connectivity index (χ0v) is 16.3. The van der Waals surface area contributed by atoms with Crippen molar-refractivity contribution in [3.8, 4) is 5.69 Å². The molecule has 0 spiro atoms. The lowest BCUT2D eigenvalue weighted by Gasteiger charge is -2.57. The summed E-state index contributed by atoms with van der Waals surface area (Å²) in [6, 6.07) is 9.80. The Morgan fingerprint density at radius 2 is 2.08 bits per heavy atom. The summed E-state index contributed by atoms with van der Waals surface area (Å²) in [5, 5.41) is 7.17. The summed E-state index contributed by atoms with van der Waals surface area (Å²) in [4.78, 5) is 12.6. The van der Waals surface area contributed by atoms with Crippen molar-refractivity contribution in [2.24, 2.45) is 11.1 Å². The van der Waals surface area contributed by atoms with Gasteiger partial charge in [-0.3, -0.25) is 4.79 Å². The molecule has 142 valence electrons. The molecule has 3 N–H and O–H groups in total. The molecule has 1 aliphatic carbocycles. The lowest BCUT2D eigenvalue weighted by atomic mass is 9.54. The van der Waals surface area contributed by atoms with Crippen LogP contribution in [0.2, 0.25) is 0 Å². The Morgan fingerprint density at radius 1 is 1.38 bits per heavy atom. The number of nitrogens with one attached hydrogen (secondary N) is 1. The van der Waals surface area contributed by atoms with Crippen LogP contribution in [0.4, 0.5) is 0 Å². The van der Waals surface area contributed by atoms with Gasteiger partial charge in [0.15, 0.2) is 0 Å². The zero-order valence-electron chi connectivity index (χ0n) is 15.4. The average Bonchev–Trinajstić information content (AvgIpc) is 3.14. The molecule has 1 fully saturated rings. The van der Waals surface area contributed by atoms with Crippen molar-refractivity contribution in [3.63, 3.8) is 0 Å². The van der Waals surface area contributed by atoms with E-state index in [0.29, 0.717) is 19.6 Å². The molecule has 1 heterocycles. The van der Waals surface area contributed by atoms with Gasteiger partial charge in [-0.2, -0.15) is 5.10 Å².